The third kappa shape index (κ3) is 2.38. The highest BCUT2D eigenvalue weighted by atomic mass is 35.5. The van der Waals surface area contributed by atoms with E-state index >= 15 is 0 Å². The van der Waals surface area contributed by atoms with Gasteiger partial charge in [-0.25, -0.2) is 4.39 Å². The van der Waals surface area contributed by atoms with Crippen molar-refractivity contribution in [3.8, 4) is 0 Å². The molecule has 0 saturated heterocycles. The van der Waals surface area contributed by atoms with Crippen LogP contribution in [-0.4, -0.2) is 0 Å². The average molecular weight is 277 g/mol. The molecule has 1 aliphatic carbocycles. The summed E-state index contributed by atoms with van der Waals surface area (Å²) in [4.78, 5) is 0. The van der Waals surface area contributed by atoms with Gasteiger partial charge in [-0.2, -0.15) is 0 Å². The predicted octanol–water partition coefficient (Wildman–Crippen LogP) is 4.16. The van der Waals surface area contributed by atoms with Crippen molar-refractivity contribution in [1.29, 1.82) is 0 Å². The molecule has 0 spiro atoms. The zero-order chi connectivity index (χ0) is 13.4. The van der Waals surface area contributed by atoms with Crippen molar-refractivity contribution in [2.75, 3.05) is 11.1 Å². The molecule has 1 aliphatic rings. The average Bonchev–Trinajstić information content (AvgIpc) is 2.75. The summed E-state index contributed by atoms with van der Waals surface area (Å²) in [5.41, 5.74) is 9.86. The standard InChI is InChI=1S/C15H14ClFN2/c16-13-8-10(17)2-6-15(13)19-14-5-1-9-7-11(18)3-4-12(9)14/h2-4,6-8,14,19H,1,5,18H2. The second-order valence-electron chi connectivity index (χ2n) is 4.82. The maximum absolute atomic E-state index is 13.0. The minimum absolute atomic E-state index is 0.207. The molecule has 0 aromatic heterocycles. The Morgan fingerprint density at radius 1 is 1.21 bits per heavy atom. The highest BCUT2D eigenvalue weighted by Crippen LogP contribution is 2.36. The Kier molecular flexibility index (Phi) is 3.07. The van der Waals surface area contributed by atoms with E-state index in [-0.39, 0.29) is 11.9 Å². The van der Waals surface area contributed by atoms with Crippen molar-refractivity contribution in [2.24, 2.45) is 0 Å². The van der Waals surface area contributed by atoms with E-state index in [1.54, 1.807) is 6.07 Å². The molecule has 3 rings (SSSR count). The van der Waals surface area contributed by atoms with Crippen molar-refractivity contribution in [3.63, 3.8) is 0 Å². The van der Waals surface area contributed by atoms with E-state index in [1.807, 2.05) is 18.2 Å². The monoisotopic (exact) mass is 276 g/mol. The van der Waals surface area contributed by atoms with E-state index in [0.717, 1.165) is 24.2 Å². The fourth-order valence-electron chi connectivity index (χ4n) is 2.58. The van der Waals surface area contributed by atoms with Crippen LogP contribution in [0.4, 0.5) is 15.8 Å². The lowest BCUT2D eigenvalue weighted by Gasteiger charge is -2.16. The van der Waals surface area contributed by atoms with Crippen molar-refractivity contribution < 1.29 is 4.39 Å². The topological polar surface area (TPSA) is 38.0 Å². The lowest BCUT2D eigenvalue weighted by molar-refractivity contribution is 0.628. The number of nitrogens with two attached hydrogens (primary N) is 1. The van der Waals surface area contributed by atoms with Crippen molar-refractivity contribution in [2.45, 2.75) is 18.9 Å². The number of hydrogen-bond acceptors (Lipinski definition) is 2. The van der Waals surface area contributed by atoms with Crippen LogP contribution in [0.5, 0.6) is 0 Å². The van der Waals surface area contributed by atoms with E-state index in [0.29, 0.717) is 5.02 Å². The SMILES string of the molecule is Nc1ccc2c(c1)CCC2Nc1ccc(F)cc1Cl. The summed E-state index contributed by atoms with van der Waals surface area (Å²) in [5.74, 6) is -0.324. The number of nitrogen functional groups attached to an aromatic ring is 1. The van der Waals surface area contributed by atoms with Gasteiger partial charge >= 0.3 is 0 Å². The number of aryl methyl sites for hydroxylation is 1. The quantitative estimate of drug-likeness (QED) is 0.808. The van der Waals surface area contributed by atoms with Crippen LogP contribution >= 0.6 is 11.6 Å². The Hall–Kier alpha value is -1.74. The van der Waals surface area contributed by atoms with Crippen LogP contribution in [0, 0.1) is 5.82 Å². The van der Waals surface area contributed by atoms with Gasteiger partial charge in [0.15, 0.2) is 0 Å². The molecule has 19 heavy (non-hydrogen) atoms. The van der Waals surface area contributed by atoms with Gasteiger partial charge < -0.3 is 11.1 Å². The Labute approximate surface area is 116 Å². The van der Waals surface area contributed by atoms with Gasteiger partial charge in [-0.15, -0.1) is 0 Å². The molecule has 2 nitrogen and oxygen atoms in total. The summed E-state index contributed by atoms with van der Waals surface area (Å²) >= 11 is 6.04. The molecule has 2 aromatic rings. The van der Waals surface area contributed by atoms with Crippen LogP contribution in [0.25, 0.3) is 0 Å². The molecule has 0 saturated carbocycles. The number of fused-ring (bicyclic) bond motifs is 1. The van der Waals surface area contributed by atoms with Crippen molar-refractivity contribution in [3.05, 3.63) is 58.4 Å². The maximum Gasteiger partial charge on any atom is 0.124 e. The Morgan fingerprint density at radius 3 is 2.84 bits per heavy atom. The van der Waals surface area contributed by atoms with Crippen molar-refractivity contribution >= 4 is 23.0 Å². The third-order valence-electron chi connectivity index (χ3n) is 3.51. The third-order valence-corrected chi connectivity index (χ3v) is 3.82. The minimum atomic E-state index is -0.324. The smallest absolute Gasteiger partial charge is 0.124 e. The van der Waals surface area contributed by atoms with Crippen LogP contribution in [-0.2, 0) is 6.42 Å². The van der Waals surface area contributed by atoms with Gasteiger partial charge in [-0.1, -0.05) is 17.7 Å². The van der Waals surface area contributed by atoms with Crippen LogP contribution in [0.15, 0.2) is 36.4 Å². The summed E-state index contributed by atoms with van der Waals surface area (Å²) in [5, 5.41) is 3.78. The minimum Gasteiger partial charge on any atom is -0.399 e. The number of anilines is 2. The molecule has 0 heterocycles. The van der Waals surface area contributed by atoms with Gasteiger partial charge in [-0.3, -0.25) is 0 Å². The molecule has 1 unspecified atom stereocenters. The summed E-state index contributed by atoms with van der Waals surface area (Å²) in [6, 6.07) is 10.6. The molecular formula is C15H14ClFN2. The summed E-state index contributed by atoms with van der Waals surface area (Å²) < 4.78 is 13.0. The molecule has 2 aromatic carbocycles. The largest absolute Gasteiger partial charge is 0.399 e. The number of hydrogen-bond donors (Lipinski definition) is 2. The van der Waals surface area contributed by atoms with E-state index in [2.05, 4.69) is 5.32 Å². The zero-order valence-electron chi connectivity index (χ0n) is 10.3. The molecule has 1 atom stereocenters. The second kappa shape index (κ2) is 4.74. The summed E-state index contributed by atoms with van der Waals surface area (Å²) in [6.45, 7) is 0. The number of halogens is 2. The molecule has 0 aliphatic heterocycles. The van der Waals surface area contributed by atoms with Gasteiger partial charge in [-0.05, 0) is 54.3 Å². The Bertz CT molecular complexity index is 628. The second-order valence-corrected chi connectivity index (χ2v) is 5.23. The first kappa shape index (κ1) is 12.3. The van der Waals surface area contributed by atoms with E-state index < -0.39 is 0 Å². The van der Waals surface area contributed by atoms with Gasteiger partial charge in [0.1, 0.15) is 5.82 Å². The molecule has 0 bridgehead atoms. The molecular weight excluding hydrogens is 263 g/mol. The lowest BCUT2D eigenvalue weighted by atomic mass is 10.1. The first-order valence-electron chi connectivity index (χ1n) is 6.23. The number of rotatable bonds is 2. The fourth-order valence-corrected chi connectivity index (χ4v) is 2.80. The van der Waals surface area contributed by atoms with E-state index in [1.165, 1.54) is 23.3 Å². The van der Waals surface area contributed by atoms with Crippen LogP contribution in [0.2, 0.25) is 5.02 Å². The maximum atomic E-state index is 13.0. The van der Waals surface area contributed by atoms with Crippen molar-refractivity contribution in [1.82, 2.24) is 0 Å². The highest BCUT2D eigenvalue weighted by molar-refractivity contribution is 6.33. The Balaban J connectivity index is 1.86. The molecule has 0 radical (unpaired) electrons. The van der Waals surface area contributed by atoms with Gasteiger partial charge in [0, 0.05) is 5.69 Å². The van der Waals surface area contributed by atoms with E-state index in [9.17, 15) is 4.39 Å². The number of nitrogens with one attached hydrogen (secondary N) is 1. The Morgan fingerprint density at radius 2 is 2.05 bits per heavy atom. The van der Waals surface area contributed by atoms with E-state index in [4.69, 9.17) is 17.3 Å². The lowest BCUT2D eigenvalue weighted by Crippen LogP contribution is -2.07. The molecule has 0 fully saturated rings. The molecule has 3 N–H and O–H groups in total. The fraction of sp³-hybridized carbons (Fsp3) is 0.200. The highest BCUT2D eigenvalue weighted by Gasteiger charge is 2.22. The normalized spacial score (nSPS) is 17.3. The first-order valence-corrected chi connectivity index (χ1v) is 6.61. The first-order chi connectivity index (χ1) is 9.13. The molecule has 98 valence electrons. The van der Waals surface area contributed by atoms with Gasteiger partial charge in [0.05, 0.1) is 16.8 Å². The zero-order valence-corrected chi connectivity index (χ0v) is 11.0. The molecule has 0 amide bonds. The number of benzene rings is 2. The van der Waals surface area contributed by atoms with Crippen LogP contribution < -0.4 is 11.1 Å². The van der Waals surface area contributed by atoms with Gasteiger partial charge in [0.2, 0.25) is 0 Å². The van der Waals surface area contributed by atoms with Gasteiger partial charge in [0.25, 0.3) is 0 Å². The molecule has 4 heteroatoms. The van der Waals surface area contributed by atoms with Crippen LogP contribution in [0.3, 0.4) is 0 Å². The predicted molar refractivity (Wildman–Crippen MR) is 76.9 cm³/mol. The summed E-state index contributed by atoms with van der Waals surface area (Å²) in [7, 11) is 0. The van der Waals surface area contributed by atoms with Crippen LogP contribution in [0.1, 0.15) is 23.6 Å². The summed E-state index contributed by atoms with van der Waals surface area (Å²) in [6.07, 6.45) is 1.99.